The summed E-state index contributed by atoms with van der Waals surface area (Å²) in [5.74, 6) is 0.699. The minimum absolute atomic E-state index is 0.0122. The number of carbonyl (C=O) groups is 2. The number of ether oxygens (including phenoxy) is 3. The normalized spacial score (nSPS) is 10.8. The number of carbonyl (C=O) groups excluding carboxylic acids is 2. The maximum atomic E-state index is 13.7. The van der Waals surface area contributed by atoms with E-state index >= 15 is 0 Å². The number of rotatable bonds is 9. The summed E-state index contributed by atoms with van der Waals surface area (Å²) in [6.45, 7) is 0. The van der Waals surface area contributed by atoms with Crippen molar-refractivity contribution in [1.29, 1.82) is 0 Å². The Balaban J connectivity index is 1.70. The smallest absolute Gasteiger partial charge is 0.255 e. The predicted octanol–water partition coefficient (Wildman–Crippen LogP) is 5.05. The lowest BCUT2D eigenvalue weighted by molar-refractivity contribution is 0.101. The van der Waals surface area contributed by atoms with E-state index in [4.69, 9.17) is 14.2 Å². The monoisotopic (exact) mass is 546 g/mol. The largest absolute Gasteiger partial charge is 0.497 e. The van der Waals surface area contributed by atoms with Crippen molar-refractivity contribution in [3.63, 3.8) is 0 Å². The molecule has 0 aromatic heterocycles. The van der Waals surface area contributed by atoms with Gasteiger partial charge >= 0.3 is 0 Å². The number of amides is 2. The average molecular weight is 547 g/mol. The van der Waals surface area contributed by atoms with Crippen LogP contribution in [0.4, 0.5) is 11.4 Å². The summed E-state index contributed by atoms with van der Waals surface area (Å²) in [5, 5.41) is 5.39. The molecule has 39 heavy (non-hydrogen) atoms. The van der Waals surface area contributed by atoms with E-state index in [-0.39, 0.29) is 21.2 Å². The summed E-state index contributed by atoms with van der Waals surface area (Å²) in [4.78, 5) is 25.6. The fourth-order valence-electron chi connectivity index (χ4n) is 3.69. The van der Waals surface area contributed by atoms with Gasteiger partial charge in [-0.25, -0.2) is 8.42 Å². The van der Waals surface area contributed by atoms with Gasteiger partial charge in [-0.2, -0.15) is 0 Å². The second kappa shape index (κ2) is 11.7. The van der Waals surface area contributed by atoms with Crippen LogP contribution in [0, 0.1) is 0 Å². The van der Waals surface area contributed by atoms with Gasteiger partial charge < -0.3 is 24.8 Å². The molecular weight excluding hydrogens is 520 g/mol. The van der Waals surface area contributed by atoms with Crippen LogP contribution in [0.5, 0.6) is 17.2 Å². The first kappa shape index (κ1) is 27.2. The maximum absolute atomic E-state index is 13.7. The number of anilines is 2. The number of sulfone groups is 1. The van der Waals surface area contributed by atoms with E-state index < -0.39 is 21.7 Å². The zero-order valence-corrected chi connectivity index (χ0v) is 22.2. The molecule has 0 saturated carbocycles. The lowest BCUT2D eigenvalue weighted by atomic mass is 10.2. The standard InChI is InChI=1S/C29H26N2O7S/c1-36-22-9-4-19(5-10-22)28(32)30-21-8-17-26(31-29(33)20-6-11-23(37-2)12-7-20)27(18-21)39(34,35)25-15-13-24(38-3)14-16-25/h4-18H,1-3H3,(H,30,32)(H,31,33). The lowest BCUT2D eigenvalue weighted by Crippen LogP contribution is -2.16. The van der Waals surface area contributed by atoms with Gasteiger partial charge in [0.05, 0.1) is 36.8 Å². The topological polar surface area (TPSA) is 120 Å². The molecule has 200 valence electrons. The quantitative estimate of drug-likeness (QED) is 0.301. The molecule has 0 fully saturated rings. The van der Waals surface area contributed by atoms with Gasteiger partial charge in [0.25, 0.3) is 11.8 Å². The molecule has 10 heteroatoms. The first-order chi connectivity index (χ1) is 18.7. The van der Waals surface area contributed by atoms with Crippen LogP contribution >= 0.6 is 0 Å². The van der Waals surface area contributed by atoms with Crippen molar-refractivity contribution >= 4 is 33.0 Å². The number of nitrogens with one attached hydrogen (secondary N) is 2. The van der Waals surface area contributed by atoms with E-state index in [0.717, 1.165) is 0 Å². The fraction of sp³-hybridized carbons (Fsp3) is 0.103. The Morgan fingerprint density at radius 2 is 1.03 bits per heavy atom. The van der Waals surface area contributed by atoms with Gasteiger partial charge in [0.15, 0.2) is 0 Å². The summed E-state index contributed by atoms with van der Waals surface area (Å²) >= 11 is 0. The Kier molecular flexibility index (Phi) is 8.16. The Morgan fingerprint density at radius 1 is 0.590 bits per heavy atom. The second-order valence-corrected chi connectivity index (χ2v) is 10.2. The van der Waals surface area contributed by atoms with Gasteiger partial charge in [-0.05, 0) is 91.0 Å². The van der Waals surface area contributed by atoms with Crippen LogP contribution in [0.25, 0.3) is 0 Å². The van der Waals surface area contributed by atoms with Gasteiger partial charge in [0.2, 0.25) is 9.84 Å². The van der Waals surface area contributed by atoms with Crippen LogP contribution in [0.1, 0.15) is 20.7 Å². The molecule has 4 aromatic rings. The molecule has 9 nitrogen and oxygen atoms in total. The highest BCUT2D eigenvalue weighted by molar-refractivity contribution is 7.91. The van der Waals surface area contributed by atoms with Crippen LogP contribution < -0.4 is 24.8 Å². The van der Waals surface area contributed by atoms with Gasteiger partial charge in [0, 0.05) is 16.8 Å². The van der Waals surface area contributed by atoms with Crippen molar-refractivity contribution in [2.75, 3.05) is 32.0 Å². The number of hydrogen-bond donors (Lipinski definition) is 2. The van der Waals surface area contributed by atoms with Crippen molar-refractivity contribution in [2.24, 2.45) is 0 Å². The van der Waals surface area contributed by atoms with Gasteiger partial charge in [0.1, 0.15) is 17.2 Å². The SMILES string of the molecule is COc1ccc(C(=O)Nc2ccc(NC(=O)c3ccc(OC)cc3)c(S(=O)(=O)c3ccc(OC)cc3)c2)cc1. The van der Waals surface area contributed by atoms with Crippen LogP contribution in [0.2, 0.25) is 0 Å². The highest BCUT2D eigenvalue weighted by atomic mass is 32.2. The molecule has 0 aliphatic heterocycles. The Morgan fingerprint density at radius 3 is 1.49 bits per heavy atom. The van der Waals surface area contributed by atoms with E-state index in [9.17, 15) is 18.0 Å². The van der Waals surface area contributed by atoms with E-state index in [1.807, 2.05) is 0 Å². The van der Waals surface area contributed by atoms with E-state index in [0.29, 0.717) is 28.4 Å². The average Bonchev–Trinajstić information content (AvgIpc) is 2.97. The first-order valence-electron chi connectivity index (χ1n) is 11.7. The van der Waals surface area contributed by atoms with Crippen LogP contribution in [-0.4, -0.2) is 41.6 Å². The zero-order chi connectivity index (χ0) is 28.0. The first-order valence-corrected chi connectivity index (χ1v) is 13.2. The summed E-state index contributed by atoms with van der Waals surface area (Å²) in [7, 11) is 0.391. The molecule has 0 atom stereocenters. The molecular formula is C29H26N2O7S. The maximum Gasteiger partial charge on any atom is 0.255 e. The third kappa shape index (κ3) is 6.19. The van der Waals surface area contributed by atoms with E-state index in [1.165, 1.54) is 63.8 Å². The number of hydrogen-bond acceptors (Lipinski definition) is 7. The van der Waals surface area contributed by atoms with Gasteiger partial charge in [-0.15, -0.1) is 0 Å². The molecule has 0 unspecified atom stereocenters. The molecule has 2 amide bonds. The molecule has 4 aromatic carbocycles. The molecule has 0 heterocycles. The lowest BCUT2D eigenvalue weighted by Gasteiger charge is -2.15. The minimum Gasteiger partial charge on any atom is -0.497 e. The summed E-state index contributed by atoms with van der Waals surface area (Å²) in [5.41, 5.74) is 0.937. The number of benzene rings is 4. The predicted molar refractivity (Wildman–Crippen MR) is 147 cm³/mol. The Bertz CT molecular complexity index is 1580. The van der Waals surface area contributed by atoms with Crippen molar-refractivity contribution in [3.05, 3.63) is 102 Å². The van der Waals surface area contributed by atoms with Crippen molar-refractivity contribution in [2.45, 2.75) is 9.79 Å². The Labute approximate surface area is 226 Å². The van der Waals surface area contributed by atoms with Gasteiger partial charge in [-0.3, -0.25) is 9.59 Å². The summed E-state index contributed by atoms with van der Waals surface area (Å²) in [6.07, 6.45) is 0. The third-order valence-corrected chi connectivity index (χ3v) is 7.66. The summed E-state index contributed by atoms with van der Waals surface area (Å²) in [6, 6.07) is 23.0. The molecule has 0 spiro atoms. The molecule has 0 aliphatic carbocycles. The van der Waals surface area contributed by atoms with E-state index in [2.05, 4.69) is 10.6 Å². The number of methoxy groups -OCH3 is 3. The highest BCUT2D eigenvalue weighted by Crippen LogP contribution is 2.32. The fourth-order valence-corrected chi connectivity index (χ4v) is 5.13. The third-order valence-electron chi connectivity index (χ3n) is 5.85. The van der Waals surface area contributed by atoms with Crippen LogP contribution in [0.3, 0.4) is 0 Å². The minimum atomic E-state index is -4.12. The second-order valence-electron chi connectivity index (χ2n) is 8.26. The Hall–Kier alpha value is -4.83. The summed E-state index contributed by atoms with van der Waals surface area (Å²) < 4.78 is 42.8. The van der Waals surface area contributed by atoms with Crippen molar-refractivity contribution < 1.29 is 32.2 Å². The van der Waals surface area contributed by atoms with Crippen molar-refractivity contribution in [1.82, 2.24) is 0 Å². The highest BCUT2D eigenvalue weighted by Gasteiger charge is 2.24. The molecule has 0 aliphatic rings. The molecule has 4 rings (SSSR count). The molecule has 0 saturated heterocycles. The zero-order valence-electron chi connectivity index (χ0n) is 21.4. The van der Waals surface area contributed by atoms with Crippen LogP contribution in [-0.2, 0) is 9.84 Å². The van der Waals surface area contributed by atoms with Gasteiger partial charge in [-0.1, -0.05) is 0 Å². The van der Waals surface area contributed by atoms with E-state index in [1.54, 1.807) is 48.5 Å². The molecule has 0 bridgehead atoms. The van der Waals surface area contributed by atoms with Crippen molar-refractivity contribution in [3.8, 4) is 17.2 Å². The molecule has 2 N–H and O–H groups in total. The van der Waals surface area contributed by atoms with Crippen LogP contribution in [0.15, 0.2) is 101 Å². The molecule has 0 radical (unpaired) electrons.